The van der Waals surface area contributed by atoms with Crippen molar-refractivity contribution >= 4 is 11.9 Å². The molecule has 278 valence electrons. The Labute approximate surface area is 309 Å². The summed E-state index contributed by atoms with van der Waals surface area (Å²) in [6, 6.07) is 11.7. The molecule has 0 spiro atoms. The van der Waals surface area contributed by atoms with E-state index in [4.69, 9.17) is 0 Å². The fraction of sp³-hybridized carbons (Fsp3) is 0.452. The lowest BCUT2D eigenvalue weighted by molar-refractivity contribution is -0.688. The Morgan fingerprint density at radius 3 is 1.46 bits per heavy atom. The van der Waals surface area contributed by atoms with E-state index in [2.05, 4.69) is 97.3 Å². The van der Waals surface area contributed by atoms with Crippen molar-refractivity contribution in [1.29, 1.82) is 0 Å². The quantitative estimate of drug-likeness (QED) is 0.0712. The lowest BCUT2D eigenvalue weighted by Crippen LogP contribution is -2.33. The number of unbranched alkanes of at least 4 members (excludes halogenated alkanes) is 10. The van der Waals surface area contributed by atoms with Crippen LogP contribution in [0.5, 0.6) is 0 Å². The van der Waals surface area contributed by atoms with Crippen molar-refractivity contribution in [2.45, 2.75) is 124 Å². The molecule has 52 heavy (non-hydrogen) atoms. The van der Waals surface area contributed by atoms with Crippen LogP contribution in [0.4, 0.5) is 0 Å². The van der Waals surface area contributed by atoms with Gasteiger partial charge in [-0.1, -0.05) is 102 Å². The molecule has 0 radical (unpaired) electrons. The van der Waals surface area contributed by atoms with Gasteiger partial charge in [-0.3, -0.25) is 0 Å². The molecule has 0 N–H and O–H groups in total. The number of imidazole rings is 3. The van der Waals surface area contributed by atoms with Crippen LogP contribution in [0.2, 0.25) is 0 Å². The van der Waals surface area contributed by atoms with E-state index in [1.807, 2.05) is 18.7 Å². The van der Waals surface area contributed by atoms with Crippen LogP contribution in [-0.4, -0.2) is 30.6 Å². The second-order valence-electron chi connectivity index (χ2n) is 13.7. The molecule has 0 saturated heterocycles. The van der Waals surface area contributed by atoms with Crippen molar-refractivity contribution in [3.05, 3.63) is 126 Å². The summed E-state index contributed by atoms with van der Waals surface area (Å²) in [5, 5.41) is 20.4. The van der Waals surface area contributed by atoms with E-state index in [0.717, 1.165) is 57.0 Å². The maximum absolute atomic E-state index is 10.2. The molecule has 0 aliphatic heterocycles. The normalized spacial score (nSPS) is 11.0. The Balaban J connectivity index is 0.000000427. The SMILES string of the molecule is CCCCCCCCn1cc[n+](Cc2cc(Cn3ccnc3)cc(C[n+]3ccn(CCCCCCCC)c3)c2)c1.O=C([O-])c1ccc(C(=O)[O-])cc1. The van der Waals surface area contributed by atoms with Crippen LogP contribution in [0.15, 0.2) is 98.6 Å². The van der Waals surface area contributed by atoms with E-state index in [1.165, 1.54) is 93.7 Å². The predicted octanol–water partition coefficient (Wildman–Crippen LogP) is 5.34. The molecular formula is C42H56N6O4. The Hall–Kier alpha value is -4.99. The standard InChI is InChI=1S/C34H52N6.C8H6O4/c1-3-5-7-9-11-13-16-36-19-21-39(30-36)27-33-23-32(26-38-18-15-35-29-38)24-34(25-33)28-40-22-20-37(31-40)17-14-12-10-8-6-4-2;9-7(10)5-1-2-6(4-3-5)8(11)12/h15,18-25,29-31H,3-14,16-17,26-28H2,1-2H3;1-4H,(H,9,10)(H,11,12)/q+2;/p-2. The molecule has 0 unspecified atom stereocenters. The Kier molecular flexibility index (Phi) is 16.9. The van der Waals surface area contributed by atoms with Crippen molar-refractivity contribution in [2.24, 2.45) is 0 Å². The van der Waals surface area contributed by atoms with Crippen molar-refractivity contribution in [2.75, 3.05) is 0 Å². The molecule has 3 aromatic heterocycles. The van der Waals surface area contributed by atoms with Crippen LogP contribution in [0.3, 0.4) is 0 Å². The van der Waals surface area contributed by atoms with Gasteiger partial charge < -0.3 is 24.4 Å². The number of carbonyl (C=O) groups excluding carboxylic acids is 2. The fourth-order valence-corrected chi connectivity index (χ4v) is 6.35. The summed E-state index contributed by atoms with van der Waals surface area (Å²) in [4.78, 5) is 24.7. The van der Waals surface area contributed by atoms with Gasteiger partial charge in [-0.2, -0.15) is 0 Å². The van der Waals surface area contributed by atoms with E-state index >= 15 is 0 Å². The van der Waals surface area contributed by atoms with Gasteiger partial charge in [0.25, 0.3) is 0 Å². The van der Waals surface area contributed by atoms with E-state index in [9.17, 15) is 19.8 Å². The number of nitrogens with zero attached hydrogens (tertiary/aromatic N) is 6. The average Bonchev–Trinajstić information content (AvgIpc) is 3.92. The number of aryl methyl sites for hydroxylation is 2. The van der Waals surface area contributed by atoms with E-state index < -0.39 is 11.9 Å². The van der Waals surface area contributed by atoms with Crippen LogP contribution in [0, 0.1) is 0 Å². The summed E-state index contributed by atoms with van der Waals surface area (Å²) in [5.74, 6) is -2.67. The topological polar surface area (TPSA) is 116 Å². The zero-order valence-electron chi connectivity index (χ0n) is 31.1. The van der Waals surface area contributed by atoms with Gasteiger partial charge in [0.2, 0.25) is 12.7 Å². The zero-order valence-corrected chi connectivity index (χ0v) is 31.1. The predicted molar refractivity (Wildman–Crippen MR) is 197 cm³/mol. The Morgan fingerprint density at radius 1 is 0.596 bits per heavy atom. The summed E-state index contributed by atoms with van der Waals surface area (Å²) in [5.41, 5.74) is 3.91. The third-order valence-corrected chi connectivity index (χ3v) is 9.16. The third kappa shape index (κ3) is 14.3. The Morgan fingerprint density at radius 2 is 1.04 bits per heavy atom. The van der Waals surface area contributed by atoms with Gasteiger partial charge in [-0.15, -0.1) is 0 Å². The molecule has 10 heteroatoms. The first-order valence-corrected chi connectivity index (χ1v) is 19.0. The molecule has 0 aliphatic carbocycles. The maximum atomic E-state index is 10.2. The monoisotopic (exact) mass is 708 g/mol. The van der Waals surface area contributed by atoms with Gasteiger partial charge in [0, 0.05) is 18.9 Å². The molecule has 0 atom stereocenters. The van der Waals surface area contributed by atoms with Gasteiger partial charge >= 0.3 is 0 Å². The number of hydrogen-bond acceptors (Lipinski definition) is 5. The van der Waals surface area contributed by atoms with Gasteiger partial charge in [0.1, 0.15) is 37.9 Å². The highest BCUT2D eigenvalue weighted by atomic mass is 16.4. The molecule has 0 fully saturated rings. The molecule has 10 nitrogen and oxygen atoms in total. The minimum absolute atomic E-state index is 0.0556. The summed E-state index contributed by atoms with van der Waals surface area (Å²) in [6.45, 7) is 9.39. The molecule has 0 bridgehead atoms. The molecule has 2 aromatic carbocycles. The third-order valence-electron chi connectivity index (χ3n) is 9.16. The number of carboxylic acid groups (broad SMARTS) is 2. The number of hydrogen-bond donors (Lipinski definition) is 0. The minimum Gasteiger partial charge on any atom is -0.545 e. The van der Waals surface area contributed by atoms with Gasteiger partial charge in [-0.25, -0.2) is 23.3 Å². The number of rotatable bonds is 22. The highest BCUT2D eigenvalue weighted by molar-refractivity contribution is 5.89. The molecular weight excluding hydrogens is 653 g/mol. The summed E-state index contributed by atoms with van der Waals surface area (Å²) in [6.07, 6.45) is 35.3. The van der Waals surface area contributed by atoms with Gasteiger partial charge in [0.15, 0.2) is 0 Å². The van der Waals surface area contributed by atoms with Crippen LogP contribution >= 0.6 is 0 Å². The molecule has 3 heterocycles. The van der Waals surface area contributed by atoms with Crippen molar-refractivity contribution in [1.82, 2.24) is 18.7 Å². The first-order valence-electron chi connectivity index (χ1n) is 19.0. The van der Waals surface area contributed by atoms with Crippen LogP contribution < -0.4 is 19.3 Å². The van der Waals surface area contributed by atoms with Crippen LogP contribution in [-0.2, 0) is 32.7 Å². The highest BCUT2D eigenvalue weighted by Gasteiger charge is 2.11. The number of carboxylic acids is 2. The minimum atomic E-state index is -1.33. The fourth-order valence-electron chi connectivity index (χ4n) is 6.35. The molecule has 0 amide bonds. The van der Waals surface area contributed by atoms with Crippen LogP contribution in [0.1, 0.15) is 128 Å². The van der Waals surface area contributed by atoms with Gasteiger partial charge in [-0.05, 0) is 59.6 Å². The van der Waals surface area contributed by atoms with E-state index in [1.54, 1.807) is 0 Å². The first-order chi connectivity index (χ1) is 25.3. The second kappa shape index (κ2) is 22.1. The molecule has 0 aliphatic rings. The first kappa shape index (κ1) is 39.8. The van der Waals surface area contributed by atoms with Gasteiger partial charge in [0.05, 0.1) is 31.4 Å². The summed E-state index contributed by atoms with van der Waals surface area (Å²) < 4.78 is 11.5. The van der Waals surface area contributed by atoms with Crippen molar-refractivity contribution in [3.8, 4) is 0 Å². The highest BCUT2D eigenvalue weighted by Crippen LogP contribution is 2.14. The smallest absolute Gasteiger partial charge is 0.244 e. The van der Waals surface area contributed by atoms with Crippen molar-refractivity contribution in [3.63, 3.8) is 0 Å². The zero-order chi connectivity index (χ0) is 37.0. The molecule has 5 aromatic rings. The van der Waals surface area contributed by atoms with E-state index in [0.29, 0.717) is 0 Å². The summed E-state index contributed by atoms with van der Waals surface area (Å²) in [7, 11) is 0. The van der Waals surface area contributed by atoms with Crippen molar-refractivity contribution < 1.29 is 28.9 Å². The number of benzene rings is 2. The number of aromatic carboxylic acids is 2. The second-order valence-corrected chi connectivity index (χ2v) is 13.7. The molecule has 0 saturated carbocycles. The number of carbonyl (C=O) groups is 2. The lowest BCUT2D eigenvalue weighted by Gasteiger charge is -2.09. The lowest BCUT2D eigenvalue weighted by atomic mass is 10.0. The van der Waals surface area contributed by atoms with E-state index in [-0.39, 0.29) is 11.1 Å². The van der Waals surface area contributed by atoms with Crippen LogP contribution in [0.25, 0.3) is 0 Å². The average molecular weight is 709 g/mol. The Bertz CT molecular complexity index is 1650. The largest absolute Gasteiger partial charge is 0.545 e. The summed E-state index contributed by atoms with van der Waals surface area (Å²) >= 11 is 0. The maximum Gasteiger partial charge on any atom is 0.244 e. The number of aromatic nitrogens is 6. The molecule has 5 rings (SSSR count).